The van der Waals surface area contributed by atoms with Crippen LogP contribution in [0.3, 0.4) is 0 Å². The van der Waals surface area contributed by atoms with Gasteiger partial charge in [0, 0.05) is 16.6 Å². The molecule has 0 aliphatic heterocycles. The van der Waals surface area contributed by atoms with Crippen LogP contribution in [0.15, 0.2) is 46.9 Å². The normalized spacial score (nSPS) is 10.5. The van der Waals surface area contributed by atoms with Crippen LogP contribution >= 0.6 is 15.9 Å². The van der Waals surface area contributed by atoms with E-state index in [0.29, 0.717) is 6.61 Å². The van der Waals surface area contributed by atoms with Gasteiger partial charge in [0.15, 0.2) is 0 Å². The van der Waals surface area contributed by atoms with Gasteiger partial charge < -0.3 is 10.1 Å². The Morgan fingerprint density at radius 3 is 2.79 bits per heavy atom. The highest BCUT2D eigenvalue weighted by atomic mass is 79.9. The third kappa shape index (κ3) is 4.04. The summed E-state index contributed by atoms with van der Waals surface area (Å²) in [6, 6.07) is 12.3. The lowest BCUT2D eigenvalue weighted by molar-refractivity contribution is 0.301. The van der Waals surface area contributed by atoms with Crippen molar-refractivity contribution in [1.29, 1.82) is 0 Å². The van der Waals surface area contributed by atoms with E-state index in [1.165, 1.54) is 12.1 Å². The van der Waals surface area contributed by atoms with Crippen molar-refractivity contribution in [2.45, 2.75) is 13.2 Å². The molecule has 4 heteroatoms. The average molecular weight is 324 g/mol. The molecule has 0 aromatic heterocycles. The highest BCUT2D eigenvalue weighted by molar-refractivity contribution is 9.10. The van der Waals surface area contributed by atoms with Gasteiger partial charge in [0.05, 0.1) is 0 Å². The van der Waals surface area contributed by atoms with Crippen LogP contribution in [0.25, 0.3) is 0 Å². The molecule has 19 heavy (non-hydrogen) atoms. The number of hydrogen-bond acceptors (Lipinski definition) is 2. The molecular weight excluding hydrogens is 309 g/mol. The van der Waals surface area contributed by atoms with Crippen molar-refractivity contribution < 1.29 is 9.13 Å². The average Bonchev–Trinajstić information content (AvgIpc) is 2.38. The van der Waals surface area contributed by atoms with E-state index in [4.69, 9.17) is 4.74 Å². The van der Waals surface area contributed by atoms with E-state index in [0.717, 1.165) is 27.9 Å². The van der Waals surface area contributed by atoms with E-state index >= 15 is 0 Å². The zero-order valence-corrected chi connectivity index (χ0v) is 12.2. The molecule has 2 nitrogen and oxygen atoms in total. The van der Waals surface area contributed by atoms with Gasteiger partial charge in [-0.1, -0.05) is 28.1 Å². The van der Waals surface area contributed by atoms with Crippen LogP contribution in [0, 0.1) is 5.82 Å². The Bertz CT molecular complexity index is 560. The molecule has 0 heterocycles. The summed E-state index contributed by atoms with van der Waals surface area (Å²) in [5.74, 6) is 0.564. The van der Waals surface area contributed by atoms with Gasteiger partial charge in [0.1, 0.15) is 18.2 Å². The summed E-state index contributed by atoms with van der Waals surface area (Å²) in [6.45, 7) is 1.08. The van der Waals surface area contributed by atoms with Crippen molar-refractivity contribution in [3.63, 3.8) is 0 Å². The molecule has 0 saturated carbocycles. The first-order valence-corrected chi connectivity index (χ1v) is 6.78. The van der Waals surface area contributed by atoms with E-state index in [1.54, 1.807) is 6.07 Å². The molecule has 0 fully saturated rings. The van der Waals surface area contributed by atoms with Crippen molar-refractivity contribution in [2.24, 2.45) is 0 Å². The number of halogens is 2. The third-order valence-electron chi connectivity index (χ3n) is 2.67. The standard InChI is InChI=1S/C15H15BrFNO/c1-18-9-12-8-13(16)5-6-15(12)19-10-11-3-2-4-14(17)7-11/h2-8,18H,9-10H2,1H3. The van der Waals surface area contributed by atoms with Crippen molar-refractivity contribution in [3.8, 4) is 5.75 Å². The van der Waals surface area contributed by atoms with Gasteiger partial charge in [0.25, 0.3) is 0 Å². The fourth-order valence-corrected chi connectivity index (χ4v) is 2.21. The molecular formula is C15H15BrFNO. The fraction of sp³-hybridized carbons (Fsp3) is 0.200. The van der Waals surface area contributed by atoms with Crippen molar-refractivity contribution in [1.82, 2.24) is 5.32 Å². The third-order valence-corrected chi connectivity index (χ3v) is 3.17. The molecule has 2 aromatic carbocycles. The molecule has 0 unspecified atom stereocenters. The van der Waals surface area contributed by atoms with E-state index in [1.807, 2.05) is 31.3 Å². The second-order valence-corrected chi connectivity index (χ2v) is 5.12. The van der Waals surface area contributed by atoms with Crippen LogP contribution < -0.4 is 10.1 Å². The van der Waals surface area contributed by atoms with E-state index in [9.17, 15) is 4.39 Å². The molecule has 2 rings (SSSR count). The van der Waals surface area contributed by atoms with Gasteiger partial charge in [-0.2, -0.15) is 0 Å². The van der Waals surface area contributed by atoms with Gasteiger partial charge in [-0.15, -0.1) is 0 Å². The minimum atomic E-state index is -0.243. The predicted molar refractivity (Wildman–Crippen MR) is 77.6 cm³/mol. The summed E-state index contributed by atoms with van der Waals surface area (Å²) in [4.78, 5) is 0. The summed E-state index contributed by atoms with van der Waals surface area (Å²) in [7, 11) is 1.89. The molecule has 0 radical (unpaired) electrons. The minimum absolute atomic E-state index is 0.243. The predicted octanol–water partition coefficient (Wildman–Crippen LogP) is 3.89. The molecule has 0 aliphatic rings. The first-order valence-electron chi connectivity index (χ1n) is 5.99. The van der Waals surface area contributed by atoms with E-state index in [-0.39, 0.29) is 5.82 Å². The van der Waals surface area contributed by atoms with E-state index in [2.05, 4.69) is 21.2 Å². The number of hydrogen-bond donors (Lipinski definition) is 1. The lowest BCUT2D eigenvalue weighted by Crippen LogP contribution is -2.07. The van der Waals surface area contributed by atoms with Crippen LogP contribution in [0.5, 0.6) is 5.75 Å². The number of nitrogens with one attached hydrogen (secondary N) is 1. The van der Waals surface area contributed by atoms with Crippen molar-refractivity contribution in [2.75, 3.05) is 7.05 Å². The van der Waals surface area contributed by atoms with Gasteiger partial charge in [-0.25, -0.2) is 4.39 Å². The Balaban J connectivity index is 2.10. The van der Waals surface area contributed by atoms with Crippen LogP contribution in [-0.2, 0) is 13.2 Å². The minimum Gasteiger partial charge on any atom is -0.489 e. The number of benzene rings is 2. The fourth-order valence-electron chi connectivity index (χ4n) is 1.81. The molecule has 1 N–H and O–H groups in total. The van der Waals surface area contributed by atoms with Gasteiger partial charge in [-0.05, 0) is 42.9 Å². The summed E-state index contributed by atoms with van der Waals surface area (Å²) in [5.41, 5.74) is 1.88. The first-order chi connectivity index (χ1) is 9.19. The summed E-state index contributed by atoms with van der Waals surface area (Å²) in [5, 5.41) is 3.10. The highest BCUT2D eigenvalue weighted by Crippen LogP contribution is 2.24. The molecule has 0 aliphatic carbocycles. The maximum Gasteiger partial charge on any atom is 0.124 e. The summed E-state index contributed by atoms with van der Waals surface area (Å²) in [6.07, 6.45) is 0. The zero-order valence-electron chi connectivity index (χ0n) is 10.6. The molecule has 100 valence electrons. The summed E-state index contributed by atoms with van der Waals surface area (Å²) >= 11 is 3.44. The van der Waals surface area contributed by atoms with Gasteiger partial charge in [0.2, 0.25) is 0 Å². The molecule has 0 atom stereocenters. The molecule has 2 aromatic rings. The topological polar surface area (TPSA) is 21.3 Å². The maximum atomic E-state index is 13.1. The van der Waals surface area contributed by atoms with E-state index < -0.39 is 0 Å². The number of rotatable bonds is 5. The molecule has 0 spiro atoms. The Morgan fingerprint density at radius 1 is 1.21 bits per heavy atom. The zero-order chi connectivity index (χ0) is 13.7. The highest BCUT2D eigenvalue weighted by Gasteiger charge is 2.05. The molecule has 0 saturated heterocycles. The number of ether oxygens (including phenoxy) is 1. The quantitative estimate of drug-likeness (QED) is 0.901. The second kappa shape index (κ2) is 6.68. The van der Waals surface area contributed by atoms with Crippen LogP contribution in [0.2, 0.25) is 0 Å². The lowest BCUT2D eigenvalue weighted by Gasteiger charge is -2.12. The smallest absolute Gasteiger partial charge is 0.124 e. The van der Waals surface area contributed by atoms with Crippen LogP contribution in [0.4, 0.5) is 4.39 Å². The molecule has 0 bridgehead atoms. The Kier molecular flexibility index (Phi) is 4.93. The largest absolute Gasteiger partial charge is 0.489 e. The van der Waals surface area contributed by atoms with Crippen LogP contribution in [-0.4, -0.2) is 7.05 Å². The van der Waals surface area contributed by atoms with Crippen LogP contribution in [0.1, 0.15) is 11.1 Å². The second-order valence-electron chi connectivity index (χ2n) is 4.20. The Labute approximate surface area is 120 Å². The monoisotopic (exact) mass is 323 g/mol. The first kappa shape index (κ1) is 14.0. The van der Waals surface area contributed by atoms with Gasteiger partial charge in [-0.3, -0.25) is 0 Å². The SMILES string of the molecule is CNCc1cc(Br)ccc1OCc1cccc(F)c1. The van der Waals surface area contributed by atoms with Gasteiger partial charge >= 0.3 is 0 Å². The Hall–Kier alpha value is -1.39. The maximum absolute atomic E-state index is 13.1. The summed E-state index contributed by atoms with van der Waals surface area (Å²) < 4.78 is 19.8. The molecule has 0 amide bonds. The van der Waals surface area contributed by atoms with Crippen molar-refractivity contribution >= 4 is 15.9 Å². The Morgan fingerprint density at radius 2 is 2.05 bits per heavy atom. The van der Waals surface area contributed by atoms with Crippen molar-refractivity contribution in [3.05, 3.63) is 63.9 Å². The lowest BCUT2D eigenvalue weighted by atomic mass is 10.2.